The number of nitrogens with zero attached hydrogens (tertiary/aromatic N) is 1. The summed E-state index contributed by atoms with van der Waals surface area (Å²) in [4.78, 5) is 10.8. The molecular weight excluding hydrogens is 352 g/mol. The lowest BCUT2D eigenvalue weighted by molar-refractivity contribution is -0.384. The second-order valence-corrected chi connectivity index (χ2v) is 8.83. The lowest BCUT2D eigenvalue weighted by Crippen LogP contribution is -2.11. The molecule has 0 unspecified atom stereocenters. The fraction of sp³-hybridized carbons (Fsp3) is 0.368. The number of fused-ring (bicyclic) bond motifs is 1. The molecule has 6 nitrogen and oxygen atoms in total. The molecule has 0 radical (unpaired) electrons. The lowest BCUT2D eigenvalue weighted by atomic mass is 9.89. The van der Waals surface area contributed by atoms with E-state index >= 15 is 0 Å². The summed E-state index contributed by atoms with van der Waals surface area (Å²) in [5, 5.41) is 14.5. The monoisotopic (exact) mass is 374 g/mol. The maximum absolute atomic E-state index is 11.7. The first kappa shape index (κ1) is 18.4. The van der Waals surface area contributed by atoms with Gasteiger partial charge in [0.1, 0.15) is 5.69 Å². The van der Waals surface area contributed by atoms with E-state index in [0.717, 1.165) is 30.7 Å². The van der Waals surface area contributed by atoms with E-state index in [4.69, 9.17) is 0 Å². The maximum atomic E-state index is 11.7. The predicted molar refractivity (Wildman–Crippen MR) is 101 cm³/mol. The van der Waals surface area contributed by atoms with Crippen LogP contribution in [0.15, 0.2) is 41.3 Å². The Hall–Kier alpha value is -2.41. The van der Waals surface area contributed by atoms with Gasteiger partial charge in [-0.05, 0) is 61.4 Å². The van der Waals surface area contributed by atoms with Crippen LogP contribution in [0.4, 0.5) is 11.4 Å². The second-order valence-electron chi connectivity index (χ2n) is 6.81. The number of rotatable bonds is 5. The third kappa shape index (κ3) is 3.88. The van der Waals surface area contributed by atoms with Gasteiger partial charge in [-0.25, -0.2) is 8.42 Å². The fourth-order valence-electron chi connectivity index (χ4n) is 3.35. The van der Waals surface area contributed by atoms with Crippen molar-refractivity contribution < 1.29 is 13.3 Å². The Morgan fingerprint density at radius 3 is 2.42 bits per heavy atom. The van der Waals surface area contributed by atoms with E-state index in [9.17, 15) is 18.5 Å². The molecular formula is C19H22N2O4S. The third-order valence-electron chi connectivity index (χ3n) is 4.84. The molecule has 0 aliphatic heterocycles. The second kappa shape index (κ2) is 7.07. The molecule has 7 heteroatoms. The van der Waals surface area contributed by atoms with Crippen molar-refractivity contribution in [1.82, 2.24) is 0 Å². The lowest BCUT2D eigenvalue weighted by Gasteiger charge is -2.20. The highest BCUT2D eigenvalue weighted by molar-refractivity contribution is 7.90. The van der Waals surface area contributed by atoms with E-state index in [2.05, 4.69) is 23.5 Å². The van der Waals surface area contributed by atoms with E-state index in [1.54, 1.807) is 0 Å². The number of sulfone groups is 1. The molecule has 26 heavy (non-hydrogen) atoms. The number of anilines is 1. The molecule has 2 aromatic carbocycles. The fourth-order valence-corrected chi connectivity index (χ4v) is 4.00. The van der Waals surface area contributed by atoms with Gasteiger partial charge < -0.3 is 5.32 Å². The highest BCUT2D eigenvalue weighted by atomic mass is 32.2. The van der Waals surface area contributed by atoms with Crippen LogP contribution in [0.25, 0.3) is 0 Å². The number of hydrogen-bond acceptors (Lipinski definition) is 5. The van der Waals surface area contributed by atoms with Crippen LogP contribution in [-0.2, 0) is 22.7 Å². The first-order valence-corrected chi connectivity index (χ1v) is 10.5. The number of nitrogens with one attached hydrogen (secondary N) is 1. The average Bonchev–Trinajstić information content (AvgIpc) is 2.60. The molecule has 1 N–H and O–H groups in total. The van der Waals surface area contributed by atoms with Gasteiger partial charge in [0.25, 0.3) is 5.69 Å². The Morgan fingerprint density at radius 1 is 1.08 bits per heavy atom. The topological polar surface area (TPSA) is 89.3 Å². The van der Waals surface area contributed by atoms with Crippen molar-refractivity contribution in [2.24, 2.45) is 0 Å². The van der Waals surface area contributed by atoms with E-state index in [0.29, 0.717) is 5.69 Å². The van der Waals surface area contributed by atoms with Crippen LogP contribution in [0.5, 0.6) is 0 Å². The number of benzene rings is 2. The van der Waals surface area contributed by atoms with Crippen molar-refractivity contribution in [3.63, 3.8) is 0 Å². The van der Waals surface area contributed by atoms with Gasteiger partial charge >= 0.3 is 0 Å². The van der Waals surface area contributed by atoms with Crippen LogP contribution in [0.3, 0.4) is 0 Å². The molecule has 1 aliphatic rings. The highest BCUT2D eigenvalue weighted by Crippen LogP contribution is 2.32. The predicted octanol–water partition coefficient (Wildman–Crippen LogP) is 4.05. The van der Waals surface area contributed by atoms with E-state index in [-0.39, 0.29) is 16.6 Å². The van der Waals surface area contributed by atoms with Crippen LogP contribution in [0.1, 0.15) is 42.5 Å². The van der Waals surface area contributed by atoms with Crippen LogP contribution in [-0.4, -0.2) is 19.6 Å². The summed E-state index contributed by atoms with van der Waals surface area (Å²) in [5.41, 5.74) is 3.87. The zero-order valence-electron chi connectivity index (χ0n) is 14.9. The van der Waals surface area contributed by atoms with Gasteiger partial charge in [0.05, 0.1) is 9.82 Å². The third-order valence-corrected chi connectivity index (χ3v) is 5.95. The van der Waals surface area contributed by atoms with E-state index in [1.165, 1.54) is 36.1 Å². The summed E-state index contributed by atoms with van der Waals surface area (Å²) in [7, 11) is -3.50. The summed E-state index contributed by atoms with van der Waals surface area (Å²) in [5.74, 6) is 0. The van der Waals surface area contributed by atoms with Crippen LogP contribution < -0.4 is 5.32 Å². The Morgan fingerprint density at radius 2 is 1.77 bits per heavy atom. The largest absolute Gasteiger partial charge is 0.373 e. The van der Waals surface area contributed by atoms with E-state index < -0.39 is 14.8 Å². The zero-order chi connectivity index (χ0) is 18.9. The smallest absolute Gasteiger partial charge is 0.293 e. The van der Waals surface area contributed by atoms with Gasteiger partial charge in [-0.3, -0.25) is 10.1 Å². The van der Waals surface area contributed by atoms with E-state index in [1.807, 2.05) is 6.92 Å². The van der Waals surface area contributed by atoms with Crippen molar-refractivity contribution in [3.05, 3.63) is 63.2 Å². The van der Waals surface area contributed by atoms with Gasteiger partial charge in [0.15, 0.2) is 9.84 Å². The Bertz CT molecular complexity index is 954. The Labute approximate surface area is 153 Å². The van der Waals surface area contributed by atoms with Gasteiger partial charge in [0.2, 0.25) is 0 Å². The molecule has 0 bridgehead atoms. The van der Waals surface area contributed by atoms with Gasteiger partial charge in [-0.2, -0.15) is 0 Å². The minimum absolute atomic E-state index is 0.0591. The molecule has 0 spiro atoms. The molecule has 3 rings (SSSR count). The van der Waals surface area contributed by atoms with Crippen molar-refractivity contribution >= 4 is 21.2 Å². The minimum Gasteiger partial charge on any atom is -0.373 e. The molecule has 0 fully saturated rings. The SMILES string of the molecule is C[C@@H](Nc1ccc(S(C)(=O)=O)cc1[N+](=O)[O-])c1ccc2c(c1)CCCC2. The van der Waals surface area contributed by atoms with Crippen molar-refractivity contribution in [2.75, 3.05) is 11.6 Å². The summed E-state index contributed by atoms with van der Waals surface area (Å²) < 4.78 is 23.3. The molecule has 1 atom stereocenters. The standard InChI is InChI=1S/C19H22N2O4S/c1-13(15-8-7-14-5-3-4-6-16(14)11-15)20-18-10-9-17(26(2,24)25)12-19(18)21(22)23/h7-13,20H,3-6H2,1-2H3/t13-/m1/s1. The van der Waals surface area contributed by atoms with Crippen molar-refractivity contribution in [1.29, 1.82) is 0 Å². The van der Waals surface area contributed by atoms with Gasteiger partial charge in [0, 0.05) is 18.4 Å². The molecule has 0 amide bonds. The molecule has 2 aromatic rings. The number of nitro benzene ring substituents is 1. The Kier molecular flexibility index (Phi) is 5.00. The number of aryl methyl sites for hydroxylation is 2. The summed E-state index contributed by atoms with van der Waals surface area (Å²) in [6, 6.07) is 10.2. The summed E-state index contributed by atoms with van der Waals surface area (Å²) in [6.07, 6.45) is 5.62. The zero-order valence-corrected chi connectivity index (χ0v) is 15.7. The molecule has 138 valence electrons. The maximum Gasteiger partial charge on any atom is 0.293 e. The summed E-state index contributed by atoms with van der Waals surface area (Å²) in [6.45, 7) is 1.94. The molecule has 0 saturated heterocycles. The van der Waals surface area contributed by atoms with Crippen molar-refractivity contribution in [2.45, 2.75) is 43.5 Å². The quantitative estimate of drug-likeness (QED) is 0.630. The van der Waals surface area contributed by atoms with Gasteiger partial charge in [-0.1, -0.05) is 18.2 Å². The van der Waals surface area contributed by atoms with Gasteiger partial charge in [-0.15, -0.1) is 0 Å². The minimum atomic E-state index is -3.50. The van der Waals surface area contributed by atoms with Crippen LogP contribution >= 0.6 is 0 Å². The number of hydrogen-bond donors (Lipinski definition) is 1. The first-order chi connectivity index (χ1) is 12.3. The molecule has 1 aliphatic carbocycles. The van der Waals surface area contributed by atoms with Crippen molar-refractivity contribution in [3.8, 4) is 0 Å². The van der Waals surface area contributed by atoms with Crippen LogP contribution in [0, 0.1) is 10.1 Å². The average molecular weight is 374 g/mol. The molecule has 0 saturated carbocycles. The molecule has 0 aromatic heterocycles. The first-order valence-electron chi connectivity index (χ1n) is 8.62. The van der Waals surface area contributed by atoms with Crippen LogP contribution in [0.2, 0.25) is 0 Å². The number of nitro groups is 1. The Balaban J connectivity index is 1.89. The summed E-state index contributed by atoms with van der Waals surface area (Å²) >= 11 is 0. The molecule has 0 heterocycles. The normalized spacial score (nSPS) is 15.2. The highest BCUT2D eigenvalue weighted by Gasteiger charge is 2.20.